The Hall–Kier alpha value is -2.95. The topological polar surface area (TPSA) is 98.7 Å². The zero-order valence-electron chi connectivity index (χ0n) is 21.6. The van der Waals surface area contributed by atoms with Gasteiger partial charge in [0.15, 0.2) is 5.75 Å². The van der Waals surface area contributed by atoms with Crippen molar-refractivity contribution in [2.75, 3.05) is 5.75 Å². The number of fused-ring (bicyclic) bond motifs is 3. The number of halogens is 3. The molecule has 7 rings (SSSR count). The summed E-state index contributed by atoms with van der Waals surface area (Å²) in [5.74, 6) is -2.19. The van der Waals surface area contributed by atoms with Crippen LogP contribution in [0.4, 0.5) is 13.2 Å². The Bertz CT molecular complexity index is 1510. The highest BCUT2D eigenvalue weighted by molar-refractivity contribution is 7.97. The molecule has 2 saturated carbocycles. The van der Waals surface area contributed by atoms with Crippen molar-refractivity contribution < 1.29 is 37.9 Å². The van der Waals surface area contributed by atoms with E-state index in [1.807, 2.05) is 60.7 Å². The summed E-state index contributed by atoms with van der Waals surface area (Å²) in [5, 5.41) is 21.4. The number of hydrogen-bond acceptors (Lipinski definition) is 5. The number of carboxylic acids is 1. The van der Waals surface area contributed by atoms with E-state index in [0.29, 0.717) is 11.5 Å². The Balaban J connectivity index is 0.000000353. The average Bonchev–Trinajstić information content (AvgIpc) is 3.40. The van der Waals surface area contributed by atoms with E-state index in [1.54, 1.807) is 0 Å². The van der Waals surface area contributed by atoms with Gasteiger partial charge in [-0.2, -0.15) is 13.2 Å². The molecule has 2 aromatic carbocycles. The highest BCUT2D eigenvalue weighted by Crippen LogP contribution is 2.82. The molecule has 2 aromatic rings. The fraction of sp³-hybridized carbons (Fsp3) is 0.393. The smallest absolute Gasteiger partial charge is 0.430 e. The van der Waals surface area contributed by atoms with Crippen molar-refractivity contribution in [2.45, 2.75) is 44.0 Å². The summed E-state index contributed by atoms with van der Waals surface area (Å²) in [4.78, 5) is 8.78. The molecule has 38 heavy (non-hydrogen) atoms. The predicted molar refractivity (Wildman–Crippen MR) is 133 cm³/mol. The van der Waals surface area contributed by atoms with Gasteiger partial charge in [-0.3, -0.25) is 4.18 Å². The molecule has 1 unspecified atom stereocenters. The lowest BCUT2D eigenvalue weighted by Gasteiger charge is -2.46. The Morgan fingerprint density at radius 3 is 2.24 bits per heavy atom. The minimum absolute atomic E-state index is 0.0923. The fourth-order valence-electron chi connectivity index (χ4n) is 7.79. The van der Waals surface area contributed by atoms with Crippen molar-refractivity contribution in [3.63, 3.8) is 0 Å². The first-order valence-corrected chi connectivity index (χ1v) is 13.9. The second-order valence-electron chi connectivity index (χ2n) is 11.1. The zero-order chi connectivity index (χ0) is 28.2. The molecule has 2 heterocycles. The first kappa shape index (κ1) is 24.1. The lowest BCUT2D eigenvalue weighted by Crippen LogP contribution is -2.66. The van der Waals surface area contributed by atoms with Crippen LogP contribution in [0.15, 0.2) is 72.3 Å². The van der Waals surface area contributed by atoms with Crippen LogP contribution in [0.1, 0.15) is 39.2 Å². The van der Waals surface area contributed by atoms with Crippen molar-refractivity contribution in [1.82, 2.24) is 4.72 Å². The quantitative estimate of drug-likeness (QED) is 0.561. The highest BCUT2D eigenvalue weighted by atomic mass is 32.3. The van der Waals surface area contributed by atoms with E-state index >= 15 is 0 Å². The monoisotopic (exact) mass is 546 g/mol. The van der Waals surface area contributed by atoms with Gasteiger partial charge in [0.25, 0.3) is 0 Å². The largest absolute Gasteiger partial charge is 0.542 e. The molecule has 0 aromatic heterocycles. The Morgan fingerprint density at radius 2 is 1.68 bits per heavy atom. The SMILES string of the molecule is O=C([O-])C(F)(F)F.[2H]C1=C(c2ccccc2)C2=C(c3ccccc3)O[S+]3(=O)C[C@@]45CC[C@@H](C4(C)C)[C@@]1(O)[C@]25N3. The van der Waals surface area contributed by atoms with Crippen LogP contribution < -0.4 is 9.83 Å². The molecular weight excluding hydrogens is 519 g/mol. The minimum atomic E-state index is -5.19. The number of carbonyl (C=O) groups excluding carboxylic acids is 1. The van der Waals surface area contributed by atoms with E-state index in [9.17, 15) is 23.9 Å². The van der Waals surface area contributed by atoms with Crippen LogP contribution in [0.3, 0.4) is 0 Å². The lowest BCUT2D eigenvalue weighted by atomic mass is 9.58. The number of carboxylic acid groups (broad SMARTS) is 1. The maximum atomic E-state index is 14.1. The van der Waals surface area contributed by atoms with Crippen LogP contribution >= 0.6 is 0 Å². The first-order valence-electron chi connectivity index (χ1n) is 12.7. The van der Waals surface area contributed by atoms with Gasteiger partial charge in [0.05, 0.1) is 6.79 Å². The molecule has 4 bridgehead atoms. The summed E-state index contributed by atoms with van der Waals surface area (Å²) >= 11 is 0. The molecule has 5 aliphatic rings. The molecular formula is C28H26F3NO5S. The molecule has 5 atom stereocenters. The first-order chi connectivity index (χ1) is 18.2. The lowest BCUT2D eigenvalue weighted by molar-refractivity contribution is -0.344. The van der Waals surface area contributed by atoms with Gasteiger partial charge in [-0.1, -0.05) is 79.2 Å². The summed E-state index contributed by atoms with van der Waals surface area (Å²) in [6.45, 7) is 4.38. The van der Waals surface area contributed by atoms with E-state index in [4.69, 9.17) is 14.1 Å². The fourth-order valence-corrected chi connectivity index (χ4v) is 10.7. The third-order valence-corrected chi connectivity index (χ3v) is 11.1. The summed E-state index contributed by atoms with van der Waals surface area (Å²) in [6, 6.07) is 19.8. The molecule has 0 amide bonds. The number of alkyl halides is 3. The highest BCUT2D eigenvalue weighted by Gasteiger charge is 2.92. The molecule has 3 fully saturated rings. The second kappa shape index (κ2) is 7.58. The number of aliphatic hydroxyl groups is 1. The molecule has 0 radical (unpaired) electrons. The minimum Gasteiger partial charge on any atom is -0.542 e. The van der Waals surface area contributed by atoms with Crippen LogP contribution in [0.25, 0.3) is 11.3 Å². The number of aliphatic carboxylic acids is 1. The van der Waals surface area contributed by atoms with Gasteiger partial charge in [0.1, 0.15) is 17.1 Å². The van der Waals surface area contributed by atoms with Gasteiger partial charge in [-0.15, -0.1) is 0 Å². The molecule has 10 heteroatoms. The Labute approximate surface area is 220 Å². The molecule has 3 aliphatic carbocycles. The normalized spacial score (nSPS) is 37.8. The standard InChI is InChI=1S/C26H26NO3S.C2HF3O2/c1-23(2)20-13-14-24(23)16-31(29)27-26(24)21(22(30-31)18-11-7-4-8-12-18)19(15-25(20,26)28)17-9-5-3-6-10-17;3-2(4,5)1(6)7/h3-12,15,20,28H,13-14,16H2,1-2H3,(H,27,29);(H,6,7)/q+1;/p-1/t20-,24-,25+,26-,31?;/m0./s1/i15D;. The number of hydrogen-bond donors (Lipinski definition) is 2. The van der Waals surface area contributed by atoms with Gasteiger partial charge < -0.3 is 15.0 Å². The van der Waals surface area contributed by atoms with Crippen molar-refractivity contribution >= 4 is 27.7 Å². The van der Waals surface area contributed by atoms with Gasteiger partial charge in [-0.05, 0) is 45.6 Å². The molecule has 1 saturated heterocycles. The van der Waals surface area contributed by atoms with Crippen LogP contribution in [0.2, 0.25) is 0 Å². The molecule has 200 valence electrons. The summed E-state index contributed by atoms with van der Waals surface area (Å²) in [6.07, 6.45) is -3.51. The third kappa shape index (κ3) is 2.91. The van der Waals surface area contributed by atoms with E-state index in [1.165, 1.54) is 0 Å². The maximum Gasteiger partial charge on any atom is 0.430 e. The van der Waals surface area contributed by atoms with Crippen molar-refractivity contribution in [3.8, 4) is 0 Å². The van der Waals surface area contributed by atoms with E-state index in [2.05, 4.69) is 18.6 Å². The van der Waals surface area contributed by atoms with E-state index in [0.717, 1.165) is 35.1 Å². The second-order valence-corrected chi connectivity index (χ2v) is 13.0. The van der Waals surface area contributed by atoms with Gasteiger partial charge in [-0.25, -0.2) is 0 Å². The van der Waals surface area contributed by atoms with Crippen molar-refractivity contribution in [1.29, 1.82) is 0 Å². The third-order valence-electron chi connectivity index (χ3n) is 9.22. The number of benzene rings is 2. The number of nitrogens with one attached hydrogen (secondary N) is 1. The molecule has 6 nitrogen and oxygen atoms in total. The number of carbonyl (C=O) groups is 1. The predicted octanol–water partition coefficient (Wildman–Crippen LogP) is 3.66. The van der Waals surface area contributed by atoms with Crippen molar-refractivity contribution in [2.24, 2.45) is 16.7 Å². The van der Waals surface area contributed by atoms with E-state index < -0.39 is 39.1 Å². The summed E-state index contributed by atoms with van der Waals surface area (Å²) < 4.78 is 64.8. The Kier molecular flexibility index (Phi) is 4.81. The van der Waals surface area contributed by atoms with E-state index in [-0.39, 0.29) is 17.4 Å². The molecule has 2 spiro atoms. The average molecular weight is 547 g/mol. The molecule has 2 N–H and O–H groups in total. The van der Waals surface area contributed by atoms with Crippen molar-refractivity contribution in [3.05, 3.63) is 83.4 Å². The van der Waals surface area contributed by atoms with Crippen LogP contribution in [0, 0.1) is 16.7 Å². The zero-order valence-corrected chi connectivity index (χ0v) is 21.4. The maximum absolute atomic E-state index is 14.1. The number of rotatable bonds is 2. The molecule has 2 aliphatic heterocycles. The van der Waals surface area contributed by atoms with Gasteiger partial charge in [0, 0.05) is 11.1 Å². The Morgan fingerprint density at radius 1 is 1.13 bits per heavy atom. The summed E-state index contributed by atoms with van der Waals surface area (Å²) in [5.41, 5.74) is 0.0843. The summed E-state index contributed by atoms with van der Waals surface area (Å²) in [7, 11) is -2.91. The van der Waals surface area contributed by atoms with Crippen LogP contribution in [-0.2, 0) is 23.6 Å². The van der Waals surface area contributed by atoms with Gasteiger partial charge in [0.2, 0.25) is 5.76 Å². The van der Waals surface area contributed by atoms with Crippen LogP contribution in [-0.4, -0.2) is 34.1 Å². The van der Waals surface area contributed by atoms with Gasteiger partial charge >= 0.3 is 16.6 Å². The van der Waals surface area contributed by atoms with Crippen LogP contribution in [0.5, 0.6) is 0 Å².